The third-order valence-electron chi connectivity index (χ3n) is 8.35. The van der Waals surface area contributed by atoms with Gasteiger partial charge in [-0.15, -0.1) is 0 Å². The average molecular weight is 509 g/mol. The Hall–Kier alpha value is -2.19. The predicted octanol–water partition coefficient (Wildman–Crippen LogP) is 3.24. The van der Waals surface area contributed by atoms with Crippen LogP contribution in [0.4, 0.5) is 5.69 Å². The average Bonchev–Trinajstić information content (AvgIpc) is 2.92. The van der Waals surface area contributed by atoms with E-state index >= 15 is 0 Å². The fourth-order valence-corrected chi connectivity index (χ4v) is 6.44. The minimum absolute atomic E-state index is 0.157. The maximum Gasteiger partial charge on any atom is 0.168 e. The third kappa shape index (κ3) is 5.54. The first-order valence-electron chi connectivity index (χ1n) is 13.4. The van der Waals surface area contributed by atoms with E-state index in [-0.39, 0.29) is 18.1 Å². The summed E-state index contributed by atoms with van der Waals surface area (Å²) in [5.41, 5.74) is 5.53. The summed E-state index contributed by atoms with van der Waals surface area (Å²) in [7, 11) is 2.10. The first-order chi connectivity index (χ1) is 17.5. The van der Waals surface area contributed by atoms with E-state index in [4.69, 9.17) is 17.0 Å². The van der Waals surface area contributed by atoms with E-state index < -0.39 is 0 Å². The second kappa shape index (κ2) is 11.5. The van der Waals surface area contributed by atoms with Crippen molar-refractivity contribution in [1.82, 2.24) is 15.1 Å². The molecule has 0 radical (unpaired) electrons. The molecule has 0 amide bonds. The van der Waals surface area contributed by atoms with E-state index in [0.29, 0.717) is 6.04 Å². The van der Waals surface area contributed by atoms with Crippen molar-refractivity contribution >= 4 is 23.0 Å². The minimum Gasteiger partial charge on any atom is -0.393 e. The maximum absolute atomic E-state index is 10.8. The lowest BCUT2D eigenvalue weighted by Gasteiger charge is -2.50. The van der Waals surface area contributed by atoms with Gasteiger partial charge >= 0.3 is 0 Å². The summed E-state index contributed by atoms with van der Waals surface area (Å²) < 4.78 is 5.57. The van der Waals surface area contributed by atoms with Gasteiger partial charge in [-0.25, -0.2) is 0 Å². The number of hydrogen-bond acceptors (Lipinski definition) is 5. The Balaban J connectivity index is 1.31. The van der Waals surface area contributed by atoms with Gasteiger partial charge in [0.15, 0.2) is 5.11 Å². The number of thiocarbonyl (C=S) groups is 1. The van der Waals surface area contributed by atoms with Crippen molar-refractivity contribution in [2.75, 3.05) is 57.9 Å². The van der Waals surface area contributed by atoms with Crippen LogP contribution in [0, 0.1) is 5.92 Å². The van der Waals surface area contributed by atoms with Crippen LogP contribution in [0.15, 0.2) is 48.5 Å². The molecule has 3 heterocycles. The monoisotopic (exact) mass is 508 g/mol. The van der Waals surface area contributed by atoms with Gasteiger partial charge in [-0.05, 0) is 67.2 Å². The molecule has 6 nitrogen and oxygen atoms in total. The molecule has 0 aliphatic carbocycles. The molecule has 4 atom stereocenters. The summed E-state index contributed by atoms with van der Waals surface area (Å²) in [5, 5.41) is 15.0. The number of benzene rings is 2. The molecule has 194 valence electrons. The summed E-state index contributed by atoms with van der Waals surface area (Å²) in [4.78, 5) is 7.26. The standard InChI is InChI=1S/C29H40N4O2S/c1-21(34)26-20-33-13-11-23-8-9-24(32-14-16-35-17-15-32)18-25(23)28(33)19-27(26)31(2)29(36)30-12-10-22-6-4-3-5-7-22/h3-9,18,21,26-28,34H,10-17,19-20H2,1-2H3,(H,30,36)/t21-,26-,27-,28-/m0/s1. The minimum atomic E-state index is -0.383. The summed E-state index contributed by atoms with van der Waals surface area (Å²) in [6, 6.07) is 18.1. The molecular formula is C29H40N4O2S. The topological polar surface area (TPSA) is 51.2 Å². The van der Waals surface area contributed by atoms with Crippen molar-refractivity contribution in [3.8, 4) is 0 Å². The second-order valence-corrected chi connectivity index (χ2v) is 10.9. The first-order valence-corrected chi connectivity index (χ1v) is 13.8. The Morgan fingerprint density at radius 2 is 1.94 bits per heavy atom. The molecule has 0 spiro atoms. The van der Waals surface area contributed by atoms with Crippen molar-refractivity contribution in [1.29, 1.82) is 0 Å². The van der Waals surface area contributed by atoms with Crippen molar-refractivity contribution in [3.05, 3.63) is 65.2 Å². The molecule has 3 aliphatic heterocycles. The zero-order valence-electron chi connectivity index (χ0n) is 21.6. The van der Waals surface area contributed by atoms with Crippen LogP contribution < -0.4 is 10.2 Å². The smallest absolute Gasteiger partial charge is 0.168 e. The number of aliphatic hydroxyl groups excluding tert-OH is 1. The molecule has 0 aromatic heterocycles. The molecule has 3 aliphatic rings. The molecule has 2 saturated heterocycles. The molecule has 2 aromatic carbocycles. The Labute approximate surface area is 221 Å². The largest absolute Gasteiger partial charge is 0.393 e. The quantitative estimate of drug-likeness (QED) is 0.581. The van der Waals surface area contributed by atoms with E-state index in [9.17, 15) is 5.11 Å². The Morgan fingerprint density at radius 3 is 2.69 bits per heavy atom. The number of aliphatic hydroxyl groups is 1. The zero-order chi connectivity index (χ0) is 25.1. The Morgan fingerprint density at radius 1 is 1.17 bits per heavy atom. The lowest BCUT2D eigenvalue weighted by atomic mass is 9.78. The van der Waals surface area contributed by atoms with Gasteiger partial charge < -0.3 is 25.0 Å². The SMILES string of the molecule is C[C@H](O)[C@@H]1CN2CCc3ccc(N4CCOCC4)cc3[C@@H]2C[C@@H]1N(C)C(=S)NCCc1ccccc1. The lowest BCUT2D eigenvalue weighted by molar-refractivity contribution is -0.0129. The number of morpholine rings is 1. The molecule has 36 heavy (non-hydrogen) atoms. The van der Waals surface area contributed by atoms with Gasteiger partial charge in [0.1, 0.15) is 0 Å². The van der Waals surface area contributed by atoms with Gasteiger partial charge in [0.05, 0.1) is 19.3 Å². The van der Waals surface area contributed by atoms with E-state index in [1.807, 2.05) is 13.0 Å². The van der Waals surface area contributed by atoms with E-state index in [0.717, 1.165) is 70.3 Å². The summed E-state index contributed by atoms with van der Waals surface area (Å²) in [6.45, 7) is 8.18. The number of nitrogens with zero attached hydrogens (tertiary/aromatic N) is 3. The van der Waals surface area contributed by atoms with Crippen LogP contribution in [0.25, 0.3) is 0 Å². The number of ether oxygens (including phenoxy) is 1. The maximum atomic E-state index is 10.8. The fourth-order valence-electron chi connectivity index (χ4n) is 6.20. The number of hydrogen-bond donors (Lipinski definition) is 2. The third-order valence-corrected chi connectivity index (χ3v) is 8.78. The number of piperidine rings is 1. The fraction of sp³-hybridized carbons (Fsp3) is 0.552. The summed E-state index contributed by atoms with van der Waals surface area (Å²) in [5.74, 6) is 0.157. The lowest BCUT2D eigenvalue weighted by Crippen LogP contribution is -2.58. The summed E-state index contributed by atoms with van der Waals surface area (Å²) >= 11 is 5.84. The van der Waals surface area contributed by atoms with Gasteiger partial charge in [-0.2, -0.15) is 0 Å². The Kier molecular flexibility index (Phi) is 8.11. The predicted molar refractivity (Wildman–Crippen MR) is 150 cm³/mol. The van der Waals surface area contributed by atoms with Crippen LogP contribution in [0.2, 0.25) is 0 Å². The molecule has 5 rings (SSSR count). The van der Waals surface area contributed by atoms with Gasteiger partial charge in [-0.1, -0.05) is 36.4 Å². The van der Waals surface area contributed by atoms with E-state index in [1.165, 1.54) is 22.4 Å². The zero-order valence-corrected chi connectivity index (χ0v) is 22.4. The highest BCUT2D eigenvalue weighted by Crippen LogP contribution is 2.42. The molecule has 7 heteroatoms. The highest BCUT2D eigenvalue weighted by Gasteiger charge is 2.42. The van der Waals surface area contributed by atoms with Crippen molar-refractivity contribution in [3.63, 3.8) is 0 Å². The van der Waals surface area contributed by atoms with Gasteiger partial charge in [0, 0.05) is 63.5 Å². The van der Waals surface area contributed by atoms with Gasteiger partial charge in [-0.3, -0.25) is 4.90 Å². The molecule has 0 unspecified atom stereocenters. The van der Waals surface area contributed by atoms with E-state index in [1.54, 1.807) is 0 Å². The second-order valence-electron chi connectivity index (χ2n) is 10.5. The summed E-state index contributed by atoms with van der Waals surface area (Å²) in [6.07, 6.45) is 2.59. The molecule has 2 aromatic rings. The van der Waals surface area contributed by atoms with Crippen LogP contribution in [0.3, 0.4) is 0 Å². The number of anilines is 1. The van der Waals surface area contributed by atoms with Crippen molar-refractivity contribution in [2.24, 2.45) is 5.92 Å². The van der Waals surface area contributed by atoms with Crippen LogP contribution in [-0.4, -0.2) is 85.1 Å². The number of nitrogens with one attached hydrogen (secondary N) is 1. The molecule has 0 bridgehead atoms. The highest BCUT2D eigenvalue weighted by molar-refractivity contribution is 7.80. The number of rotatable bonds is 6. The van der Waals surface area contributed by atoms with Crippen molar-refractivity contribution in [2.45, 2.75) is 44.4 Å². The van der Waals surface area contributed by atoms with Gasteiger partial charge in [0.25, 0.3) is 0 Å². The highest BCUT2D eigenvalue weighted by atomic mass is 32.1. The first kappa shape index (κ1) is 25.5. The number of fused-ring (bicyclic) bond motifs is 3. The van der Waals surface area contributed by atoms with E-state index in [2.05, 4.69) is 69.5 Å². The van der Waals surface area contributed by atoms with Crippen LogP contribution in [-0.2, 0) is 17.6 Å². The van der Waals surface area contributed by atoms with Crippen LogP contribution >= 0.6 is 12.2 Å². The molecule has 0 saturated carbocycles. The normalized spacial score (nSPS) is 25.0. The van der Waals surface area contributed by atoms with Crippen LogP contribution in [0.5, 0.6) is 0 Å². The molecular weight excluding hydrogens is 468 g/mol. The van der Waals surface area contributed by atoms with Gasteiger partial charge in [0.2, 0.25) is 0 Å². The molecule has 2 fully saturated rings. The Bertz CT molecular complexity index is 1030. The van der Waals surface area contributed by atoms with Crippen molar-refractivity contribution < 1.29 is 9.84 Å². The molecule has 2 N–H and O–H groups in total. The van der Waals surface area contributed by atoms with Crippen LogP contribution in [0.1, 0.15) is 36.1 Å².